The molecule has 2 saturated heterocycles. The van der Waals surface area contributed by atoms with Crippen LogP contribution in [-0.2, 0) is 4.74 Å². The van der Waals surface area contributed by atoms with Crippen molar-refractivity contribution >= 4 is 5.82 Å². The number of morpholine rings is 1. The van der Waals surface area contributed by atoms with E-state index in [1.165, 1.54) is 12.8 Å². The summed E-state index contributed by atoms with van der Waals surface area (Å²) in [5, 5.41) is 0. The standard InChI is InChI=1S/C14H22N4O/c1-12-9-14(16-11-15-12)18-4-2-3-13(18)10-17-5-7-19-8-6-17/h9,11,13H,2-8,10H2,1H3/t13-/m0/s1. The molecule has 1 aromatic heterocycles. The normalized spacial score (nSPS) is 24.9. The number of ether oxygens (including phenoxy) is 1. The second-order valence-electron chi connectivity index (χ2n) is 5.42. The van der Waals surface area contributed by atoms with Gasteiger partial charge in [0.05, 0.1) is 13.2 Å². The van der Waals surface area contributed by atoms with Gasteiger partial charge in [0.2, 0.25) is 0 Å². The number of nitrogens with zero attached hydrogens (tertiary/aromatic N) is 4. The van der Waals surface area contributed by atoms with Gasteiger partial charge in [-0.3, -0.25) is 4.90 Å². The van der Waals surface area contributed by atoms with E-state index in [9.17, 15) is 0 Å². The summed E-state index contributed by atoms with van der Waals surface area (Å²) in [6.45, 7) is 8.15. The number of aromatic nitrogens is 2. The van der Waals surface area contributed by atoms with Crippen LogP contribution in [-0.4, -0.2) is 60.3 Å². The van der Waals surface area contributed by atoms with Crippen molar-refractivity contribution in [2.75, 3.05) is 44.3 Å². The van der Waals surface area contributed by atoms with Crippen LogP contribution in [0.5, 0.6) is 0 Å². The van der Waals surface area contributed by atoms with E-state index in [1.54, 1.807) is 6.33 Å². The molecule has 0 saturated carbocycles. The van der Waals surface area contributed by atoms with Gasteiger partial charge in [-0.25, -0.2) is 9.97 Å². The molecular weight excluding hydrogens is 240 g/mol. The monoisotopic (exact) mass is 262 g/mol. The average Bonchev–Trinajstić information content (AvgIpc) is 2.88. The fourth-order valence-electron chi connectivity index (χ4n) is 3.01. The van der Waals surface area contributed by atoms with Gasteiger partial charge in [0.1, 0.15) is 12.1 Å². The third kappa shape index (κ3) is 3.04. The Morgan fingerprint density at radius 2 is 2.11 bits per heavy atom. The van der Waals surface area contributed by atoms with Gasteiger partial charge in [0.25, 0.3) is 0 Å². The molecule has 2 fully saturated rings. The van der Waals surface area contributed by atoms with Gasteiger partial charge < -0.3 is 9.64 Å². The SMILES string of the molecule is Cc1cc(N2CCC[C@H]2CN2CCOCC2)ncn1. The Labute approximate surface area is 114 Å². The fraction of sp³-hybridized carbons (Fsp3) is 0.714. The highest BCUT2D eigenvalue weighted by Crippen LogP contribution is 2.24. The maximum atomic E-state index is 5.42. The van der Waals surface area contributed by atoms with Crippen LogP contribution in [0.1, 0.15) is 18.5 Å². The van der Waals surface area contributed by atoms with Crippen LogP contribution in [0.4, 0.5) is 5.82 Å². The molecule has 5 heteroatoms. The molecule has 104 valence electrons. The quantitative estimate of drug-likeness (QED) is 0.815. The summed E-state index contributed by atoms with van der Waals surface area (Å²) in [6.07, 6.45) is 4.20. The average molecular weight is 262 g/mol. The van der Waals surface area contributed by atoms with Crippen LogP contribution in [0.2, 0.25) is 0 Å². The largest absolute Gasteiger partial charge is 0.379 e. The lowest BCUT2D eigenvalue weighted by Crippen LogP contribution is -2.45. The number of anilines is 1. The Morgan fingerprint density at radius 3 is 2.89 bits per heavy atom. The molecule has 3 heterocycles. The van der Waals surface area contributed by atoms with E-state index < -0.39 is 0 Å². The lowest BCUT2D eigenvalue weighted by Gasteiger charge is -2.33. The van der Waals surface area contributed by atoms with Crippen LogP contribution in [0.3, 0.4) is 0 Å². The summed E-state index contributed by atoms with van der Waals surface area (Å²) in [4.78, 5) is 13.6. The van der Waals surface area contributed by atoms with Crippen molar-refractivity contribution < 1.29 is 4.74 Å². The zero-order valence-corrected chi connectivity index (χ0v) is 11.6. The van der Waals surface area contributed by atoms with E-state index in [1.807, 2.05) is 6.92 Å². The van der Waals surface area contributed by atoms with Gasteiger partial charge >= 0.3 is 0 Å². The molecule has 0 unspecified atom stereocenters. The summed E-state index contributed by atoms with van der Waals surface area (Å²) in [6, 6.07) is 2.69. The molecule has 0 aromatic carbocycles. The van der Waals surface area contributed by atoms with Crippen molar-refractivity contribution in [2.24, 2.45) is 0 Å². The maximum Gasteiger partial charge on any atom is 0.132 e. The smallest absolute Gasteiger partial charge is 0.132 e. The highest BCUT2D eigenvalue weighted by molar-refractivity contribution is 5.41. The van der Waals surface area contributed by atoms with Crippen molar-refractivity contribution in [3.8, 4) is 0 Å². The van der Waals surface area contributed by atoms with E-state index >= 15 is 0 Å². The highest BCUT2D eigenvalue weighted by atomic mass is 16.5. The molecule has 0 radical (unpaired) electrons. The molecule has 3 rings (SSSR count). The highest BCUT2D eigenvalue weighted by Gasteiger charge is 2.28. The Balaban J connectivity index is 1.67. The topological polar surface area (TPSA) is 41.5 Å². The summed E-state index contributed by atoms with van der Waals surface area (Å²) in [5.74, 6) is 1.09. The zero-order chi connectivity index (χ0) is 13.1. The van der Waals surface area contributed by atoms with Crippen LogP contribution in [0, 0.1) is 6.92 Å². The van der Waals surface area contributed by atoms with Gasteiger partial charge in [-0.2, -0.15) is 0 Å². The first-order valence-electron chi connectivity index (χ1n) is 7.18. The molecule has 5 nitrogen and oxygen atoms in total. The van der Waals surface area contributed by atoms with E-state index in [2.05, 4.69) is 25.8 Å². The van der Waals surface area contributed by atoms with E-state index in [0.717, 1.165) is 50.9 Å². The van der Waals surface area contributed by atoms with Crippen molar-refractivity contribution in [3.63, 3.8) is 0 Å². The van der Waals surface area contributed by atoms with Gasteiger partial charge in [-0.15, -0.1) is 0 Å². The Hall–Kier alpha value is -1.20. The molecule has 2 aliphatic rings. The van der Waals surface area contributed by atoms with Crippen LogP contribution >= 0.6 is 0 Å². The first-order chi connectivity index (χ1) is 9.33. The molecule has 0 N–H and O–H groups in total. The molecule has 0 amide bonds. The summed E-state index contributed by atoms with van der Waals surface area (Å²) in [5.41, 5.74) is 1.04. The lowest BCUT2D eigenvalue weighted by molar-refractivity contribution is 0.0354. The number of hydrogen-bond acceptors (Lipinski definition) is 5. The van der Waals surface area contributed by atoms with E-state index in [-0.39, 0.29) is 0 Å². The molecule has 0 spiro atoms. The first kappa shape index (κ1) is 12.8. The van der Waals surface area contributed by atoms with Crippen molar-refractivity contribution in [1.29, 1.82) is 0 Å². The first-order valence-corrected chi connectivity index (χ1v) is 7.18. The summed E-state index contributed by atoms with van der Waals surface area (Å²) >= 11 is 0. The van der Waals surface area contributed by atoms with Crippen LogP contribution in [0.15, 0.2) is 12.4 Å². The predicted octanol–water partition coefficient (Wildman–Crippen LogP) is 1.09. The number of hydrogen-bond donors (Lipinski definition) is 0. The summed E-state index contributed by atoms with van der Waals surface area (Å²) < 4.78 is 5.42. The molecule has 1 aromatic rings. The zero-order valence-electron chi connectivity index (χ0n) is 11.6. The third-order valence-corrected chi connectivity index (χ3v) is 4.03. The number of aryl methyl sites for hydroxylation is 1. The minimum absolute atomic E-state index is 0.590. The van der Waals surface area contributed by atoms with Crippen molar-refractivity contribution in [1.82, 2.24) is 14.9 Å². The molecule has 1 atom stereocenters. The van der Waals surface area contributed by atoms with E-state index in [0.29, 0.717) is 6.04 Å². The Bertz CT molecular complexity index is 420. The van der Waals surface area contributed by atoms with E-state index in [4.69, 9.17) is 4.74 Å². The van der Waals surface area contributed by atoms with Gasteiger partial charge in [0, 0.05) is 44.0 Å². The third-order valence-electron chi connectivity index (χ3n) is 4.03. The molecular formula is C14H22N4O. The lowest BCUT2D eigenvalue weighted by atomic mass is 10.2. The molecule has 0 bridgehead atoms. The second-order valence-corrected chi connectivity index (χ2v) is 5.42. The minimum atomic E-state index is 0.590. The van der Waals surface area contributed by atoms with Crippen molar-refractivity contribution in [2.45, 2.75) is 25.8 Å². The number of rotatable bonds is 3. The molecule has 0 aliphatic carbocycles. The van der Waals surface area contributed by atoms with Gasteiger partial charge in [-0.1, -0.05) is 0 Å². The molecule has 19 heavy (non-hydrogen) atoms. The summed E-state index contributed by atoms with van der Waals surface area (Å²) in [7, 11) is 0. The minimum Gasteiger partial charge on any atom is -0.379 e. The van der Waals surface area contributed by atoms with Gasteiger partial charge in [-0.05, 0) is 19.8 Å². The van der Waals surface area contributed by atoms with Crippen LogP contribution in [0.25, 0.3) is 0 Å². The Kier molecular flexibility index (Phi) is 3.94. The molecule has 2 aliphatic heterocycles. The maximum absolute atomic E-state index is 5.42. The predicted molar refractivity (Wildman–Crippen MR) is 74.4 cm³/mol. The second kappa shape index (κ2) is 5.84. The Morgan fingerprint density at radius 1 is 1.26 bits per heavy atom. The van der Waals surface area contributed by atoms with Gasteiger partial charge in [0.15, 0.2) is 0 Å². The van der Waals surface area contributed by atoms with Crippen LogP contribution < -0.4 is 4.90 Å². The van der Waals surface area contributed by atoms with Crippen molar-refractivity contribution in [3.05, 3.63) is 18.1 Å². The fourth-order valence-corrected chi connectivity index (χ4v) is 3.01.